The van der Waals surface area contributed by atoms with E-state index in [4.69, 9.17) is 0 Å². The fourth-order valence-electron chi connectivity index (χ4n) is 3.92. The van der Waals surface area contributed by atoms with Gasteiger partial charge in [0.1, 0.15) is 0 Å². The summed E-state index contributed by atoms with van der Waals surface area (Å²) in [6.07, 6.45) is 2.64. The molecule has 0 bridgehead atoms. The molecule has 8 heteroatoms. The van der Waals surface area contributed by atoms with Crippen molar-refractivity contribution in [1.29, 1.82) is 0 Å². The third-order valence-corrected chi connectivity index (χ3v) is 7.59. The van der Waals surface area contributed by atoms with Crippen molar-refractivity contribution in [1.82, 2.24) is 9.21 Å². The van der Waals surface area contributed by atoms with Crippen LogP contribution in [0.1, 0.15) is 37.7 Å². The number of hydrogen-bond donors (Lipinski definition) is 0. The molecule has 1 aliphatic rings. The average Bonchev–Trinajstić information content (AvgIpc) is 2.66. The van der Waals surface area contributed by atoms with Crippen molar-refractivity contribution >= 4 is 10.0 Å². The molecular formula is C21H31F3N2O2S. The van der Waals surface area contributed by atoms with Crippen LogP contribution in [0.4, 0.5) is 13.2 Å². The maximum Gasteiger partial charge on any atom is 0.416 e. The summed E-state index contributed by atoms with van der Waals surface area (Å²) >= 11 is 0. The lowest BCUT2D eigenvalue weighted by Crippen LogP contribution is -2.31. The van der Waals surface area contributed by atoms with Crippen LogP contribution in [0.5, 0.6) is 0 Å². The first-order valence-electron chi connectivity index (χ1n) is 9.97. The van der Waals surface area contributed by atoms with Crippen LogP contribution in [0.2, 0.25) is 0 Å². The third-order valence-electron chi connectivity index (χ3n) is 5.72. The summed E-state index contributed by atoms with van der Waals surface area (Å²) in [5.41, 5.74) is -0.852. The molecule has 4 nitrogen and oxygen atoms in total. The topological polar surface area (TPSA) is 40.6 Å². The lowest BCUT2D eigenvalue weighted by Gasteiger charge is -2.31. The minimum Gasteiger partial charge on any atom is -0.302 e. The first-order chi connectivity index (χ1) is 13.5. The van der Waals surface area contributed by atoms with Gasteiger partial charge in [-0.05, 0) is 62.4 Å². The largest absolute Gasteiger partial charge is 0.416 e. The first kappa shape index (κ1) is 23.9. The molecule has 2 rings (SSSR count). The summed E-state index contributed by atoms with van der Waals surface area (Å²) in [6, 6.07) is 3.68. The molecule has 1 aromatic carbocycles. The maximum atomic E-state index is 12.7. The summed E-state index contributed by atoms with van der Waals surface area (Å²) in [5.74, 6) is 1.16. The summed E-state index contributed by atoms with van der Waals surface area (Å²) < 4.78 is 64.5. The molecule has 1 aromatic rings. The smallest absolute Gasteiger partial charge is 0.302 e. The number of hydrogen-bond acceptors (Lipinski definition) is 3. The number of sulfonamides is 1. The van der Waals surface area contributed by atoms with E-state index in [0.29, 0.717) is 18.4 Å². The first-order valence-corrected chi connectivity index (χ1v) is 11.4. The zero-order chi connectivity index (χ0) is 21.7. The fourth-order valence-corrected chi connectivity index (χ4v) is 5.10. The van der Waals surface area contributed by atoms with Gasteiger partial charge in [0, 0.05) is 26.7 Å². The molecule has 29 heavy (non-hydrogen) atoms. The highest BCUT2D eigenvalue weighted by atomic mass is 32.2. The summed E-state index contributed by atoms with van der Waals surface area (Å²) in [7, 11) is -0.204. The molecule has 0 atom stereocenters. The number of halogens is 3. The molecule has 0 unspecified atom stereocenters. The molecule has 0 saturated heterocycles. The molecule has 0 heterocycles. The predicted molar refractivity (Wildman–Crippen MR) is 109 cm³/mol. The Morgan fingerprint density at radius 1 is 1.07 bits per heavy atom. The Kier molecular flexibility index (Phi) is 8.31. The second-order valence-corrected chi connectivity index (χ2v) is 10.1. The van der Waals surface area contributed by atoms with E-state index >= 15 is 0 Å². The van der Waals surface area contributed by atoms with Crippen LogP contribution in [-0.4, -0.2) is 51.4 Å². The highest BCUT2D eigenvalue weighted by Crippen LogP contribution is 2.32. The summed E-state index contributed by atoms with van der Waals surface area (Å²) in [5, 5.41) is 0. The highest BCUT2D eigenvalue weighted by molar-refractivity contribution is 7.89. The number of benzene rings is 1. The molecule has 1 aliphatic carbocycles. The maximum absolute atomic E-state index is 12.7. The van der Waals surface area contributed by atoms with Crippen LogP contribution in [-0.2, 0) is 16.2 Å². The molecular weight excluding hydrogens is 401 g/mol. The van der Waals surface area contributed by atoms with Crippen molar-refractivity contribution in [3.05, 3.63) is 42.5 Å². The molecule has 0 aromatic heterocycles. The molecule has 0 aliphatic heterocycles. The zero-order valence-electron chi connectivity index (χ0n) is 17.2. The van der Waals surface area contributed by atoms with Crippen LogP contribution < -0.4 is 0 Å². The van der Waals surface area contributed by atoms with Crippen molar-refractivity contribution in [2.75, 3.05) is 33.7 Å². The van der Waals surface area contributed by atoms with E-state index in [1.807, 2.05) is 6.08 Å². The van der Waals surface area contributed by atoms with Crippen molar-refractivity contribution in [2.24, 2.45) is 11.8 Å². The van der Waals surface area contributed by atoms with E-state index in [0.717, 1.165) is 69.5 Å². The minimum atomic E-state index is -4.48. The van der Waals surface area contributed by atoms with Crippen LogP contribution in [0.25, 0.3) is 0 Å². The SMILES string of the molecule is C=CCN(C)CC1CCC(CCN(C)S(=O)(=O)c2ccc(C(F)(F)F)cc2)CC1. The van der Waals surface area contributed by atoms with Gasteiger partial charge in [-0.3, -0.25) is 0 Å². The van der Waals surface area contributed by atoms with Crippen LogP contribution in [0, 0.1) is 11.8 Å². The Labute approximate surface area is 172 Å². The highest BCUT2D eigenvalue weighted by Gasteiger charge is 2.31. The van der Waals surface area contributed by atoms with Gasteiger partial charge in [-0.1, -0.05) is 18.9 Å². The van der Waals surface area contributed by atoms with E-state index in [1.54, 1.807) is 0 Å². The van der Waals surface area contributed by atoms with Gasteiger partial charge in [-0.2, -0.15) is 13.2 Å². The lowest BCUT2D eigenvalue weighted by molar-refractivity contribution is -0.137. The van der Waals surface area contributed by atoms with Gasteiger partial charge < -0.3 is 4.90 Å². The van der Waals surface area contributed by atoms with Gasteiger partial charge in [0.05, 0.1) is 10.5 Å². The van der Waals surface area contributed by atoms with Crippen LogP contribution in [0.15, 0.2) is 41.8 Å². The monoisotopic (exact) mass is 432 g/mol. The number of alkyl halides is 3. The Morgan fingerprint density at radius 2 is 1.62 bits per heavy atom. The molecule has 1 saturated carbocycles. The van der Waals surface area contributed by atoms with Crippen molar-refractivity contribution in [3.63, 3.8) is 0 Å². The molecule has 0 N–H and O–H groups in total. The lowest BCUT2D eigenvalue weighted by atomic mass is 9.80. The van der Waals surface area contributed by atoms with Gasteiger partial charge in [0.25, 0.3) is 0 Å². The van der Waals surface area contributed by atoms with E-state index in [-0.39, 0.29) is 4.90 Å². The number of likely N-dealkylation sites (N-methyl/N-ethyl adjacent to an activating group) is 1. The minimum absolute atomic E-state index is 0.109. The molecule has 1 fully saturated rings. The van der Waals surface area contributed by atoms with Gasteiger partial charge in [0.2, 0.25) is 10.0 Å². The van der Waals surface area contributed by atoms with Gasteiger partial charge in [-0.25, -0.2) is 12.7 Å². The van der Waals surface area contributed by atoms with E-state index in [1.165, 1.54) is 11.4 Å². The van der Waals surface area contributed by atoms with Crippen molar-refractivity contribution in [3.8, 4) is 0 Å². The number of nitrogens with zero attached hydrogens (tertiary/aromatic N) is 2. The Balaban J connectivity index is 1.84. The average molecular weight is 433 g/mol. The summed E-state index contributed by atoms with van der Waals surface area (Å²) in [6.45, 7) is 6.07. The fraction of sp³-hybridized carbons (Fsp3) is 0.619. The van der Waals surface area contributed by atoms with Gasteiger partial charge in [-0.15, -0.1) is 6.58 Å². The van der Waals surface area contributed by atoms with E-state index < -0.39 is 21.8 Å². The third kappa shape index (κ3) is 6.83. The van der Waals surface area contributed by atoms with Crippen LogP contribution >= 0.6 is 0 Å². The standard InChI is InChI=1S/C21H31F3N2O2S/c1-4-14-25(2)16-18-7-5-17(6-8-18)13-15-26(3)29(27,28)20-11-9-19(10-12-20)21(22,23)24/h4,9-12,17-18H,1,5-8,13-16H2,2-3H3. The quantitative estimate of drug-likeness (QED) is 0.534. The van der Waals surface area contributed by atoms with Crippen molar-refractivity contribution in [2.45, 2.75) is 43.2 Å². The Morgan fingerprint density at radius 3 is 2.14 bits per heavy atom. The van der Waals surface area contributed by atoms with E-state index in [2.05, 4.69) is 18.5 Å². The summed E-state index contributed by atoms with van der Waals surface area (Å²) in [4.78, 5) is 2.16. The Bertz CT molecular complexity index is 755. The predicted octanol–water partition coefficient (Wildman–Crippen LogP) is 4.64. The molecule has 0 amide bonds. The van der Waals surface area contributed by atoms with Gasteiger partial charge in [0.15, 0.2) is 0 Å². The Hall–Kier alpha value is -1.38. The van der Waals surface area contributed by atoms with Crippen molar-refractivity contribution < 1.29 is 21.6 Å². The van der Waals surface area contributed by atoms with Gasteiger partial charge >= 0.3 is 6.18 Å². The van der Waals surface area contributed by atoms with E-state index in [9.17, 15) is 21.6 Å². The van der Waals surface area contributed by atoms with Crippen LogP contribution in [0.3, 0.4) is 0 Å². The molecule has 164 valence electrons. The second kappa shape index (κ2) is 10.1. The number of rotatable bonds is 9. The molecule has 0 spiro atoms. The molecule has 0 radical (unpaired) electrons. The second-order valence-electron chi connectivity index (χ2n) is 8.03. The normalized spacial score (nSPS) is 20.9. The zero-order valence-corrected chi connectivity index (χ0v) is 18.0.